The molecule has 0 bridgehead atoms. The number of hydrogen-bond donors (Lipinski definition) is 3. The number of fused-ring (bicyclic) bond motifs is 12. The van der Waals surface area contributed by atoms with Crippen molar-refractivity contribution in [1.82, 2.24) is 89.6 Å². The number of Topliss-reactive ketones (excluding diaryl/α,β-unsaturated/α-hetero) is 2. The van der Waals surface area contributed by atoms with Crippen LogP contribution in [0.3, 0.4) is 0 Å². The lowest BCUT2D eigenvalue weighted by Crippen LogP contribution is -2.45. The molecule has 19 rings (SSSR count). The van der Waals surface area contributed by atoms with Gasteiger partial charge in [0.05, 0.1) is 48.4 Å². The quantitative estimate of drug-likeness (QED) is 0.0322. The number of carbonyl (C=O) groups excluding carboxylic acids is 4. The number of thiophene rings is 4. The van der Waals surface area contributed by atoms with Gasteiger partial charge in [-0.25, -0.2) is 10.4 Å². The van der Waals surface area contributed by atoms with E-state index in [1.165, 1.54) is 48.0 Å². The Morgan fingerprint density at radius 3 is 1.15 bits per heavy atom. The van der Waals surface area contributed by atoms with Crippen molar-refractivity contribution < 1.29 is 19.2 Å². The van der Waals surface area contributed by atoms with Crippen molar-refractivity contribution >= 4 is 139 Å². The highest BCUT2D eigenvalue weighted by atomic mass is 35.5. The van der Waals surface area contributed by atoms with Crippen LogP contribution in [-0.2, 0) is 19.2 Å². The Kier molecular flexibility index (Phi) is 31.1. The third-order valence-electron chi connectivity index (χ3n) is 24.7. The predicted molar refractivity (Wildman–Crippen MR) is 548 cm³/mol. The van der Waals surface area contributed by atoms with Gasteiger partial charge in [-0.3, -0.25) is 62.4 Å². The summed E-state index contributed by atoms with van der Waals surface area (Å²) in [6.07, 6.45) is 8.71. The second kappa shape index (κ2) is 43.0. The number of H-pyrrole nitrogens is 1. The number of aliphatic imine (C=N–C) groups is 5. The molecule has 0 saturated carbocycles. The SMILES string of the molecule is C.CCC(=O)C[C@@H]1N=C(c2ccc(Cl)cc2)c2c(sc(C)c2C)-n2c(C)nnc21.Cc1ccc(C2=N[C@@H](CC(=O)NCCCN3CCN(C)CC3)c3nnc(C)n3-c3sc(C)c(C)c32)cc1.Cc1ccc(C=NCC(=O)C[C@@H]2N=C(c3ccc(Cl)cc3)c3c(sc(C)c3C)-n3c(C)nnc32)cc1.Cc1sc2c(c1C)C(c1ccc(Cl)cc1)=N[C@@H](CC(=O)N/N=C/c1ncc[nH]1)c1nnc(C)n1-2. The molecule has 9 aromatic heterocycles. The molecule has 136 heavy (non-hydrogen) atoms. The second-order valence-electron chi connectivity index (χ2n) is 34.2. The van der Waals surface area contributed by atoms with Gasteiger partial charge in [-0.05, 0) is 181 Å². The van der Waals surface area contributed by atoms with Gasteiger partial charge in [0.2, 0.25) is 11.8 Å². The van der Waals surface area contributed by atoms with Crippen LogP contribution in [0.5, 0.6) is 0 Å². The van der Waals surface area contributed by atoms with E-state index in [2.05, 4.69) is 189 Å². The summed E-state index contributed by atoms with van der Waals surface area (Å²) in [6.45, 7) is 36.9. The molecule has 35 heteroatoms. The van der Waals surface area contributed by atoms with Gasteiger partial charge in [-0.1, -0.05) is 145 Å². The van der Waals surface area contributed by atoms with Gasteiger partial charge < -0.3 is 20.1 Å². The normalized spacial score (nSPS) is 15.9. The average Bonchev–Trinajstić information content (AvgIpc) is 1.60. The largest absolute Gasteiger partial charge is 0.356 e. The molecule has 14 heterocycles. The molecule has 0 aliphatic carbocycles. The van der Waals surface area contributed by atoms with E-state index in [1.807, 2.05) is 143 Å². The summed E-state index contributed by atoms with van der Waals surface area (Å²) in [5.74, 6) is 6.30. The van der Waals surface area contributed by atoms with Crippen molar-refractivity contribution in [1.29, 1.82) is 0 Å². The summed E-state index contributed by atoms with van der Waals surface area (Å²) in [5.41, 5.74) is 22.3. The van der Waals surface area contributed by atoms with Crippen LogP contribution in [-0.4, -0.2) is 190 Å². The number of aromatic amines is 1. The third-order valence-corrected chi connectivity index (χ3v) is 30.2. The van der Waals surface area contributed by atoms with Crippen molar-refractivity contribution in [2.45, 2.75) is 174 Å². The van der Waals surface area contributed by atoms with E-state index >= 15 is 0 Å². The number of ketones is 2. The number of hydrogen-bond acceptors (Lipinski definition) is 25. The lowest BCUT2D eigenvalue weighted by molar-refractivity contribution is -0.122. The number of hydrazone groups is 1. The molecule has 3 N–H and O–H groups in total. The van der Waals surface area contributed by atoms with Crippen LogP contribution in [0.2, 0.25) is 15.1 Å². The molecule has 14 aromatic rings. The minimum absolute atomic E-state index is 0. The zero-order chi connectivity index (χ0) is 95.3. The Morgan fingerprint density at radius 1 is 0.441 bits per heavy atom. The Hall–Kier alpha value is -12.2. The van der Waals surface area contributed by atoms with Crippen molar-refractivity contribution in [2.75, 3.05) is 52.9 Å². The molecular formula is C101H109Cl3N24O4S4. The van der Waals surface area contributed by atoms with Gasteiger partial charge in [0.15, 0.2) is 29.1 Å². The Bertz CT molecular complexity index is 6950. The molecule has 28 nitrogen and oxygen atoms in total. The minimum atomic E-state index is -0.551. The van der Waals surface area contributed by atoms with Gasteiger partial charge in [0.25, 0.3) is 0 Å². The Morgan fingerprint density at radius 2 is 0.787 bits per heavy atom. The number of halogens is 3. The molecule has 5 aliphatic rings. The number of piperazine rings is 1. The molecular weight excluding hydrogens is 1850 g/mol. The fourth-order valence-electron chi connectivity index (χ4n) is 16.8. The van der Waals surface area contributed by atoms with E-state index in [1.54, 1.807) is 64.0 Å². The highest BCUT2D eigenvalue weighted by Crippen LogP contribution is 2.46. The van der Waals surface area contributed by atoms with Crippen LogP contribution in [0.25, 0.3) is 20.0 Å². The van der Waals surface area contributed by atoms with E-state index in [0.29, 0.717) is 51.9 Å². The van der Waals surface area contributed by atoms with Gasteiger partial charge in [-0.2, -0.15) is 5.10 Å². The number of imidazole rings is 1. The van der Waals surface area contributed by atoms with E-state index in [-0.39, 0.29) is 62.7 Å². The number of nitrogens with zero attached hydrogens (tertiary/aromatic N) is 21. The molecule has 2 amide bonds. The summed E-state index contributed by atoms with van der Waals surface area (Å²) in [6, 6.07) is 37.7. The Balaban J connectivity index is 0.000000138. The molecule has 702 valence electrons. The van der Waals surface area contributed by atoms with Crippen LogP contribution in [0.4, 0.5) is 0 Å². The van der Waals surface area contributed by atoms with Gasteiger partial charge in [0, 0.05) is 150 Å². The average molecular weight is 1960 g/mol. The predicted octanol–water partition coefficient (Wildman–Crippen LogP) is 19.7. The summed E-state index contributed by atoms with van der Waals surface area (Å²) in [5, 5.41) is 48.4. The maximum Gasteiger partial charge on any atom is 0.242 e. The van der Waals surface area contributed by atoms with Crippen LogP contribution in [0.1, 0.15) is 232 Å². The third kappa shape index (κ3) is 21.4. The maximum absolute atomic E-state index is 13.1. The summed E-state index contributed by atoms with van der Waals surface area (Å²) < 4.78 is 8.24. The summed E-state index contributed by atoms with van der Waals surface area (Å²) >= 11 is 25.2. The van der Waals surface area contributed by atoms with Crippen molar-refractivity contribution in [2.24, 2.45) is 30.1 Å². The lowest BCUT2D eigenvalue weighted by atomic mass is 9.99. The standard InChI is InChI=1S/C28H26ClN5OS.C28H37N7OS.C23H21ClN8OS.C21H21ClN4OS.CH4/c1-16-5-7-20(8-6-16)14-30-15-23(35)13-24-27-33-32-19(4)34(27)28-25(17(2)18(3)36-28)26(31-24)21-9-11-22(29)12-10-21;1-18-7-9-22(10-8-18)26-25-19(2)20(3)37-28(25)35-21(4)31-32-27(35)23(30-26)17-24(36)29-11-6-12-34-15-13-33(5)14-16-34;1-12-13(2)34-23-20(12)21(15-4-6-16(24)7-5-15)28-17(22-31-29-14(3)32(22)23)10-19(33)30-27-11-18-25-8-9-26-18;1-5-16(27)10-17-20-25-24-13(4)26(20)21-18(11(2)12(3)28-21)19(23-17)14-6-8-15(22)9-7-14;/h5-12,14,24H,13,15H2,1-4H3;7-10,23H,6,11-17H2,1-5H3,(H,29,36);4-9,11,17H,10H2,1-3H3,(H,25,26)(H,30,33);6-9,17H,5,10H2,1-4H3;1H4/b;;27-11+;;/t24-;23-;2*17-;/m0000./s1. The highest BCUT2D eigenvalue weighted by Gasteiger charge is 2.38. The summed E-state index contributed by atoms with van der Waals surface area (Å²) in [4.78, 5) is 92.8. The molecule has 5 aliphatic heterocycles. The first-order chi connectivity index (χ1) is 64.9. The molecule has 0 spiro atoms. The number of benzene rings is 5. The number of carbonyl (C=O) groups is 4. The molecule has 0 unspecified atom stereocenters. The topological polar surface area (TPSA) is 324 Å². The number of likely N-dealkylation sites (N-methyl/N-ethyl adjacent to an activating group) is 1. The van der Waals surface area contributed by atoms with Gasteiger partial charge >= 0.3 is 0 Å². The number of aryl methyl sites for hydroxylation is 10. The molecule has 5 aromatic carbocycles. The highest BCUT2D eigenvalue weighted by molar-refractivity contribution is 7.16. The maximum atomic E-state index is 13.1. The smallest absolute Gasteiger partial charge is 0.242 e. The zero-order valence-electron chi connectivity index (χ0n) is 78.1. The molecule has 4 atom stereocenters. The first kappa shape index (κ1) is 98.3. The van der Waals surface area contributed by atoms with Crippen molar-refractivity contribution in [3.05, 3.63) is 304 Å². The van der Waals surface area contributed by atoms with E-state index in [9.17, 15) is 19.2 Å². The Labute approximate surface area is 822 Å². The fourth-order valence-corrected chi connectivity index (χ4v) is 22.0. The van der Waals surface area contributed by atoms with E-state index in [0.717, 1.165) is 178 Å². The molecule has 1 fully saturated rings. The number of amides is 2. The lowest BCUT2D eigenvalue weighted by Gasteiger charge is -2.32. The van der Waals surface area contributed by atoms with Crippen LogP contribution in [0, 0.1) is 96.9 Å². The zero-order valence-corrected chi connectivity index (χ0v) is 83.7. The van der Waals surface area contributed by atoms with Gasteiger partial charge in [-0.15, -0.1) is 86.1 Å². The van der Waals surface area contributed by atoms with Crippen molar-refractivity contribution in [3.8, 4) is 20.0 Å². The fraction of sp³-hybridized carbons (Fsp3) is 0.337. The second-order valence-corrected chi connectivity index (χ2v) is 40.3. The monoisotopic (exact) mass is 1950 g/mol. The van der Waals surface area contributed by atoms with Crippen LogP contribution >= 0.6 is 80.1 Å². The van der Waals surface area contributed by atoms with Crippen LogP contribution in [0.15, 0.2) is 164 Å². The van der Waals surface area contributed by atoms with Crippen molar-refractivity contribution in [3.63, 3.8) is 0 Å². The number of rotatable bonds is 22. The van der Waals surface area contributed by atoms with E-state index in [4.69, 9.17) is 54.8 Å². The molecule has 0 radical (unpaired) electrons. The minimum Gasteiger partial charge on any atom is -0.356 e. The van der Waals surface area contributed by atoms with Crippen LogP contribution < -0.4 is 10.7 Å². The molecule has 1 saturated heterocycles. The number of nitrogens with one attached hydrogen (secondary N) is 3. The first-order valence-electron chi connectivity index (χ1n) is 44.8. The summed E-state index contributed by atoms with van der Waals surface area (Å²) in [7, 11) is 2.17. The first-order valence-corrected chi connectivity index (χ1v) is 49.2. The van der Waals surface area contributed by atoms with Gasteiger partial charge in [0.1, 0.15) is 79.1 Å². The number of aromatic nitrogens is 14. The van der Waals surface area contributed by atoms with E-state index < -0.39 is 18.1 Å².